The third-order valence-corrected chi connectivity index (χ3v) is 4.42. The Balaban J connectivity index is 1.79. The number of esters is 1. The molecular weight excluding hydrogens is 276 g/mol. The van der Waals surface area contributed by atoms with E-state index in [-0.39, 0.29) is 5.97 Å². The highest BCUT2D eigenvalue weighted by Crippen LogP contribution is 2.35. The van der Waals surface area contributed by atoms with Gasteiger partial charge in [0.15, 0.2) is 0 Å². The molecule has 1 heterocycles. The van der Waals surface area contributed by atoms with Crippen molar-refractivity contribution in [2.24, 2.45) is 0 Å². The molecule has 1 N–H and O–H groups in total. The lowest BCUT2D eigenvalue weighted by molar-refractivity contribution is -0.145. The van der Waals surface area contributed by atoms with Gasteiger partial charge in [-0.25, -0.2) is 4.79 Å². The van der Waals surface area contributed by atoms with Crippen LogP contribution >= 0.6 is 11.6 Å². The van der Waals surface area contributed by atoms with Crippen molar-refractivity contribution in [2.75, 3.05) is 25.5 Å². The Labute approximate surface area is 124 Å². The number of anilines is 1. The number of ether oxygens (including phenoxy) is 1. The van der Waals surface area contributed by atoms with Crippen LogP contribution in [0.5, 0.6) is 0 Å². The Morgan fingerprint density at radius 1 is 1.40 bits per heavy atom. The quantitative estimate of drug-likeness (QED) is 0.867. The molecule has 1 aliphatic heterocycles. The highest BCUT2D eigenvalue weighted by atomic mass is 35.5. The van der Waals surface area contributed by atoms with Gasteiger partial charge in [0.25, 0.3) is 0 Å². The molecule has 2 aliphatic rings. The molecular formula is C15H19ClN2O2. The number of nitrogens with one attached hydrogen (secondary N) is 1. The van der Waals surface area contributed by atoms with Crippen LogP contribution in [-0.4, -0.2) is 42.6 Å². The SMILES string of the molecule is COC(=O)C1(Nc2ccc(Cl)cc2)CCN(C2CC2)C1. The zero-order valence-electron chi connectivity index (χ0n) is 11.6. The number of hydrogen-bond donors (Lipinski definition) is 1. The molecule has 1 unspecified atom stereocenters. The van der Waals surface area contributed by atoms with Gasteiger partial charge >= 0.3 is 5.97 Å². The summed E-state index contributed by atoms with van der Waals surface area (Å²) in [6.07, 6.45) is 3.27. The zero-order chi connectivity index (χ0) is 14.2. The largest absolute Gasteiger partial charge is 0.467 e. The van der Waals surface area contributed by atoms with E-state index in [0.29, 0.717) is 17.6 Å². The van der Waals surface area contributed by atoms with E-state index in [1.165, 1.54) is 20.0 Å². The third kappa shape index (κ3) is 2.63. The number of carbonyl (C=O) groups excluding carboxylic acids is 1. The Morgan fingerprint density at radius 3 is 2.70 bits per heavy atom. The summed E-state index contributed by atoms with van der Waals surface area (Å²) in [5, 5.41) is 4.06. The molecule has 1 aromatic rings. The predicted molar refractivity (Wildman–Crippen MR) is 79.0 cm³/mol. The van der Waals surface area contributed by atoms with Crippen LogP contribution in [0.4, 0.5) is 5.69 Å². The number of nitrogens with zero attached hydrogens (tertiary/aromatic N) is 1. The molecule has 2 fully saturated rings. The molecule has 1 aromatic carbocycles. The minimum atomic E-state index is -0.634. The lowest BCUT2D eigenvalue weighted by Crippen LogP contribution is -2.49. The normalized spacial score (nSPS) is 26.5. The van der Waals surface area contributed by atoms with Crippen LogP contribution in [0.1, 0.15) is 19.3 Å². The fourth-order valence-corrected chi connectivity index (χ4v) is 3.04. The van der Waals surface area contributed by atoms with E-state index in [4.69, 9.17) is 16.3 Å². The minimum Gasteiger partial charge on any atom is -0.467 e. The lowest BCUT2D eigenvalue weighted by atomic mass is 9.98. The molecule has 0 amide bonds. The van der Waals surface area contributed by atoms with Crippen LogP contribution in [0.3, 0.4) is 0 Å². The van der Waals surface area contributed by atoms with E-state index in [0.717, 1.165) is 18.7 Å². The first-order valence-corrected chi connectivity index (χ1v) is 7.37. The maximum absolute atomic E-state index is 12.3. The van der Waals surface area contributed by atoms with Gasteiger partial charge in [0.1, 0.15) is 5.54 Å². The van der Waals surface area contributed by atoms with Gasteiger partial charge in [-0.05, 0) is 43.5 Å². The van der Waals surface area contributed by atoms with Gasteiger partial charge in [0, 0.05) is 29.8 Å². The maximum atomic E-state index is 12.3. The van der Waals surface area contributed by atoms with Crippen LogP contribution in [0.25, 0.3) is 0 Å². The van der Waals surface area contributed by atoms with Gasteiger partial charge in [-0.2, -0.15) is 0 Å². The van der Waals surface area contributed by atoms with E-state index in [9.17, 15) is 4.79 Å². The van der Waals surface area contributed by atoms with E-state index >= 15 is 0 Å². The van der Waals surface area contributed by atoms with Gasteiger partial charge in [0.05, 0.1) is 7.11 Å². The number of carbonyl (C=O) groups is 1. The fraction of sp³-hybridized carbons (Fsp3) is 0.533. The summed E-state index contributed by atoms with van der Waals surface area (Å²) in [5.41, 5.74) is 0.267. The average Bonchev–Trinajstić information content (AvgIpc) is 3.22. The van der Waals surface area contributed by atoms with E-state index in [1.54, 1.807) is 0 Å². The molecule has 0 aromatic heterocycles. The summed E-state index contributed by atoms with van der Waals surface area (Å²) in [6, 6.07) is 8.10. The first-order valence-electron chi connectivity index (χ1n) is 6.99. The summed E-state index contributed by atoms with van der Waals surface area (Å²) < 4.78 is 5.03. The Morgan fingerprint density at radius 2 is 2.10 bits per heavy atom. The van der Waals surface area contributed by atoms with Crippen molar-refractivity contribution in [3.05, 3.63) is 29.3 Å². The van der Waals surface area contributed by atoms with E-state index < -0.39 is 5.54 Å². The van der Waals surface area contributed by atoms with Crippen molar-refractivity contribution in [3.8, 4) is 0 Å². The summed E-state index contributed by atoms with van der Waals surface area (Å²) in [5.74, 6) is -0.185. The molecule has 20 heavy (non-hydrogen) atoms. The molecule has 1 saturated carbocycles. The van der Waals surface area contributed by atoms with Gasteiger partial charge in [-0.15, -0.1) is 0 Å². The van der Waals surface area contributed by atoms with Gasteiger partial charge in [0.2, 0.25) is 0 Å². The van der Waals surface area contributed by atoms with E-state index in [2.05, 4.69) is 10.2 Å². The number of methoxy groups -OCH3 is 1. The molecule has 4 nitrogen and oxygen atoms in total. The minimum absolute atomic E-state index is 0.185. The smallest absolute Gasteiger partial charge is 0.332 e. The second-order valence-electron chi connectivity index (χ2n) is 5.66. The van der Waals surface area contributed by atoms with Gasteiger partial charge < -0.3 is 10.1 Å². The second kappa shape index (κ2) is 5.26. The van der Waals surface area contributed by atoms with E-state index in [1.807, 2.05) is 24.3 Å². The van der Waals surface area contributed by atoms with Crippen molar-refractivity contribution >= 4 is 23.3 Å². The summed E-state index contributed by atoms with van der Waals surface area (Å²) >= 11 is 5.90. The number of benzene rings is 1. The van der Waals surface area contributed by atoms with Crippen molar-refractivity contribution in [1.29, 1.82) is 0 Å². The molecule has 1 saturated heterocycles. The Bertz CT molecular complexity index is 501. The summed E-state index contributed by atoms with van der Waals surface area (Å²) in [4.78, 5) is 14.6. The van der Waals surface area contributed by atoms with Gasteiger partial charge in [-0.3, -0.25) is 4.90 Å². The predicted octanol–water partition coefficient (Wildman–Crippen LogP) is 2.53. The first kappa shape index (κ1) is 13.7. The molecule has 0 bridgehead atoms. The van der Waals surface area contributed by atoms with Crippen LogP contribution in [0, 0.1) is 0 Å². The fourth-order valence-electron chi connectivity index (χ4n) is 2.92. The van der Waals surface area contributed by atoms with Crippen LogP contribution in [0.2, 0.25) is 5.02 Å². The molecule has 1 aliphatic carbocycles. The standard InChI is InChI=1S/C15H19ClN2O2/c1-20-14(19)15(8-9-18(10-15)13-6-7-13)17-12-4-2-11(16)3-5-12/h2-5,13,17H,6-10H2,1H3. The third-order valence-electron chi connectivity index (χ3n) is 4.17. The molecule has 0 spiro atoms. The highest BCUT2D eigenvalue weighted by Gasteiger charge is 2.49. The first-order chi connectivity index (χ1) is 9.63. The Kier molecular flexibility index (Phi) is 3.61. The van der Waals surface area contributed by atoms with Crippen LogP contribution in [0.15, 0.2) is 24.3 Å². The zero-order valence-corrected chi connectivity index (χ0v) is 12.3. The topological polar surface area (TPSA) is 41.6 Å². The van der Waals surface area contributed by atoms with Crippen molar-refractivity contribution in [2.45, 2.75) is 30.8 Å². The lowest BCUT2D eigenvalue weighted by Gasteiger charge is -2.29. The van der Waals surface area contributed by atoms with Crippen molar-refractivity contribution < 1.29 is 9.53 Å². The molecule has 0 radical (unpaired) electrons. The number of hydrogen-bond acceptors (Lipinski definition) is 4. The van der Waals surface area contributed by atoms with Crippen molar-refractivity contribution in [1.82, 2.24) is 4.90 Å². The summed E-state index contributed by atoms with van der Waals surface area (Å²) in [6.45, 7) is 1.66. The number of halogens is 1. The maximum Gasteiger partial charge on any atom is 0.332 e. The molecule has 1 atom stereocenters. The van der Waals surface area contributed by atoms with Crippen LogP contribution in [-0.2, 0) is 9.53 Å². The molecule has 5 heteroatoms. The Hall–Kier alpha value is -1.26. The molecule has 3 rings (SSSR count). The summed E-state index contributed by atoms with van der Waals surface area (Å²) in [7, 11) is 1.45. The van der Waals surface area contributed by atoms with Gasteiger partial charge in [-0.1, -0.05) is 11.6 Å². The van der Waals surface area contributed by atoms with Crippen LogP contribution < -0.4 is 5.32 Å². The average molecular weight is 295 g/mol. The monoisotopic (exact) mass is 294 g/mol. The number of rotatable bonds is 4. The highest BCUT2D eigenvalue weighted by molar-refractivity contribution is 6.30. The molecule has 108 valence electrons. The second-order valence-corrected chi connectivity index (χ2v) is 6.09. The number of likely N-dealkylation sites (tertiary alicyclic amines) is 1. The van der Waals surface area contributed by atoms with Crippen molar-refractivity contribution in [3.63, 3.8) is 0 Å².